The topological polar surface area (TPSA) is 77.2 Å². The molecule has 1 aliphatic rings. The number of aromatic nitrogens is 2. The molecule has 1 aromatic carbocycles. The van der Waals surface area contributed by atoms with E-state index < -0.39 is 5.54 Å². The number of benzene rings is 1. The van der Waals surface area contributed by atoms with Gasteiger partial charge < -0.3 is 14.6 Å². The quantitative estimate of drug-likeness (QED) is 0.809. The molecule has 1 aliphatic carbocycles. The minimum atomic E-state index is -0.477. The van der Waals surface area contributed by atoms with Crippen molar-refractivity contribution in [2.75, 3.05) is 12.9 Å². The van der Waals surface area contributed by atoms with Crippen LogP contribution in [-0.2, 0) is 10.3 Å². The molecule has 1 saturated carbocycles. The molecule has 0 spiro atoms. The molecule has 0 atom stereocenters. The highest BCUT2D eigenvalue weighted by atomic mass is 32.2. The van der Waals surface area contributed by atoms with Crippen LogP contribution in [0.5, 0.6) is 5.75 Å². The van der Waals surface area contributed by atoms with Crippen molar-refractivity contribution in [2.45, 2.75) is 43.0 Å². The average molecular weight is 347 g/mol. The van der Waals surface area contributed by atoms with Crippen molar-refractivity contribution in [2.24, 2.45) is 0 Å². The van der Waals surface area contributed by atoms with Crippen LogP contribution >= 0.6 is 11.8 Å². The second-order valence-corrected chi connectivity index (χ2v) is 6.99. The van der Waals surface area contributed by atoms with E-state index >= 15 is 0 Å². The first-order valence-corrected chi connectivity index (χ1v) is 8.98. The largest absolute Gasteiger partial charge is 0.497 e. The Labute approximate surface area is 145 Å². The Kier molecular flexibility index (Phi) is 5.08. The Bertz CT molecular complexity index is 693. The fourth-order valence-electron chi connectivity index (χ4n) is 3.00. The van der Waals surface area contributed by atoms with E-state index in [1.165, 1.54) is 11.8 Å². The van der Waals surface area contributed by atoms with Gasteiger partial charge in [-0.15, -0.1) is 11.8 Å². The van der Waals surface area contributed by atoms with E-state index in [-0.39, 0.29) is 5.91 Å². The summed E-state index contributed by atoms with van der Waals surface area (Å²) in [6, 6.07) is 7.68. The summed E-state index contributed by atoms with van der Waals surface area (Å²) in [6.45, 7) is 1.76. The summed E-state index contributed by atoms with van der Waals surface area (Å²) in [5, 5.41) is 7.18. The molecule has 1 fully saturated rings. The molecule has 24 heavy (non-hydrogen) atoms. The van der Waals surface area contributed by atoms with Crippen LogP contribution in [0.2, 0.25) is 0 Å². The average Bonchev–Trinajstić information content (AvgIpc) is 3.23. The van der Waals surface area contributed by atoms with Gasteiger partial charge in [0.25, 0.3) is 0 Å². The molecule has 7 heteroatoms. The van der Waals surface area contributed by atoms with Gasteiger partial charge in [0.1, 0.15) is 11.3 Å². The number of hydrogen-bond acceptors (Lipinski definition) is 6. The van der Waals surface area contributed by atoms with Gasteiger partial charge in [0.2, 0.25) is 11.8 Å². The molecule has 2 aromatic rings. The van der Waals surface area contributed by atoms with Gasteiger partial charge in [-0.2, -0.15) is 4.98 Å². The molecular weight excluding hydrogens is 326 g/mol. The van der Waals surface area contributed by atoms with Crippen LogP contribution in [0.25, 0.3) is 0 Å². The Morgan fingerprint density at radius 1 is 1.33 bits per heavy atom. The van der Waals surface area contributed by atoms with Crippen molar-refractivity contribution in [3.63, 3.8) is 0 Å². The number of thioether (sulfide) groups is 1. The summed E-state index contributed by atoms with van der Waals surface area (Å²) in [5.41, 5.74) is -0.477. The molecule has 0 aliphatic heterocycles. The first-order chi connectivity index (χ1) is 11.6. The number of carbonyl (C=O) groups is 1. The van der Waals surface area contributed by atoms with Crippen LogP contribution in [0.3, 0.4) is 0 Å². The Morgan fingerprint density at radius 3 is 2.62 bits per heavy atom. The molecule has 0 unspecified atom stereocenters. The third-order valence-corrected chi connectivity index (χ3v) is 5.23. The predicted octanol–water partition coefficient (Wildman–Crippen LogP) is 3.06. The number of carbonyl (C=O) groups excluding carboxylic acids is 1. The minimum Gasteiger partial charge on any atom is -0.497 e. The van der Waals surface area contributed by atoms with Gasteiger partial charge in [-0.3, -0.25) is 4.79 Å². The smallest absolute Gasteiger partial charge is 0.231 e. The summed E-state index contributed by atoms with van der Waals surface area (Å²) in [7, 11) is 1.64. The van der Waals surface area contributed by atoms with Crippen LogP contribution in [0.1, 0.15) is 37.4 Å². The molecule has 6 nitrogen and oxygen atoms in total. The maximum absolute atomic E-state index is 12.4. The van der Waals surface area contributed by atoms with Crippen molar-refractivity contribution in [3.8, 4) is 5.75 Å². The van der Waals surface area contributed by atoms with E-state index in [0.717, 1.165) is 36.3 Å². The summed E-state index contributed by atoms with van der Waals surface area (Å²) in [5.74, 6) is 2.27. The van der Waals surface area contributed by atoms with Crippen molar-refractivity contribution in [1.29, 1.82) is 0 Å². The SMILES string of the molecule is COc1ccc(SCC(=O)NC2(c3noc(C)n3)CCCC2)cc1. The van der Waals surface area contributed by atoms with Crippen molar-refractivity contribution >= 4 is 17.7 Å². The molecule has 3 rings (SSSR count). The molecule has 0 radical (unpaired) electrons. The van der Waals surface area contributed by atoms with Crippen LogP contribution in [-0.4, -0.2) is 28.9 Å². The molecule has 1 heterocycles. The van der Waals surface area contributed by atoms with Gasteiger partial charge in [0.05, 0.1) is 12.9 Å². The number of nitrogens with one attached hydrogen (secondary N) is 1. The Balaban J connectivity index is 1.61. The van der Waals surface area contributed by atoms with E-state index in [0.29, 0.717) is 17.5 Å². The van der Waals surface area contributed by atoms with Crippen molar-refractivity contribution in [1.82, 2.24) is 15.5 Å². The summed E-state index contributed by atoms with van der Waals surface area (Å²) in [6.07, 6.45) is 3.81. The van der Waals surface area contributed by atoms with Crippen molar-refractivity contribution < 1.29 is 14.1 Å². The lowest BCUT2D eigenvalue weighted by molar-refractivity contribution is -0.120. The molecule has 1 aromatic heterocycles. The lowest BCUT2D eigenvalue weighted by Crippen LogP contribution is -2.45. The molecule has 128 valence electrons. The number of hydrogen-bond donors (Lipinski definition) is 1. The molecule has 0 bridgehead atoms. The van der Waals surface area contributed by atoms with Gasteiger partial charge in [-0.1, -0.05) is 18.0 Å². The fourth-order valence-corrected chi connectivity index (χ4v) is 3.70. The predicted molar refractivity (Wildman–Crippen MR) is 91.0 cm³/mol. The maximum atomic E-state index is 12.4. The number of nitrogens with zero attached hydrogens (tertiary/aromatic N) is 2. The minimum absolute atomic E-state index is 0.0137. The second kappa shape index (κ2) is 7.25. The van der Waals surface area contributed by atoms with Gasteiger partial charge in [-0.05, 0) is 37.1 Å². The van der Waals surface area contributed by atoms with Gasteiger partial charge in [0, 0.05) is 11.8 Å². The summed E-state index contributed by atoms with van der Waals surface area (Å²) >= 11 is 1.50. The molecule has 1 amide bonds. The number of rotatable bonds is 6. The van der Waals surface area contributed by atoms with E-state index in [2.05, 4.69) is 15.5 Å². The van der Waals surface area contributed by atoms with Crippen LogP contribution in [0.15, 0.2) is 33.7 Å². The summed E-state index contributed by atoms with van der Waals surface area (Å²) < 4.78 is 10.2. The third kappa shape index (κ3) is 3.72. The van der Waals surface area contributed by atoms with E-state index in [4.69, 9.17) is 9.26 Å². The van der Waals surface area contributed by atoms with Gasteiger partial charge in [0.15, 0.2) is 5.82 Å². The Hall–Kier alpha value is -2.02. The van der Waals surface area contributed by atoms with Crippen LogP contribution < -0.4 is 10.1 Å². The van der Waals surface area contributed by atoms with Crippen molar-refractivity contribution in [3.05, 3.63) is 36.0 Å². The second-order valence-electron chi connectivity index (χ2n) is 5.94. The van der Waals surface area contributed by atoms with Crippen LogP contribution in [0, 0.1) is 6.92 Å². The first kappa shape index (κ1) is 16.8. The zero-order valence-electron chi connectivity index (χ0n) is 13.9. The third-order valence-electron chi connectivity index (χ3n) is 4.22. The first-order valence-electron chi connectivity index (χ1n) is 8.00. The maximum Gasteiger partial charge on any atom is 0.231 e. The number of amides is 1. The van der Waals surface area contributed by atoms with E-state index in [9.17, 15) is 4.79 Å². The molecule has 0 saturated heterocycles. The normalized spacial score (nSPS) is 16.1. The zero-order chi connectivity index (χ0) is 17.0. The standard InChI is InChI=1S/C17H21N3O3S/c1-12-18-16(20-23-12)17(9-3-4-10-17)19-15(21)11-24-14-7-5-13(22-2)6-8-14/h5-8H,3-4,9-11H2,1-2H3,(H,19,21). The monoisotopic (exact) mass is 347 g/mol. The van der Waals surface area contributed by atoms with E-state index in [1.807, 2.05) is 24.3 Å². The number of aryl methyl sites for hydroxylation is 1. The highest BCUT2D eigenvalue weighted by Gasteiger charge is 2.41. The number of methoxy groups -OCH3 is 1. The lowest BCUT2D eigenvalue weighted by Gasteiger charge is -2.26. The number of ether oxygens (including phenoxy) is 1. The highest BCUT2D eigenvalue weighted by Crippen LogP contribution is 2.37. The van der Waals surface area contributed by atoms with Gasteiger partial charge in [-0.25, -0.2) is 0 Å². The molecular formula is C17H21N3O3S. The zero-order valence-corrected chi connectivity index (χ0v) is 14.7. The van der Waals surface area contributed by atoms with Gasteiger partial charge >= 0.3 is 0 Å². The lowest BCUT2D eigenvalue weighted by atomic mass is 9.96. The molecule has 1 N–H and O–H groups in total. The van der Waals surface area contributed by atoms with E-state index in [1.54, 1.807) is 14.0 Å². The Morgan fingerprint density at radius 2 is 2.04 bits per heavy atom. The van der Waals surface area contributed by atoms with Crippen LogP contribution in [0.4, 0.5) is 0 Å². The highest BCUT2D eigenvalue weighted by molar-refractivity contribution is 8.00. The fraction of sp³-hybridized carbons (Fsp3) is 0.471. The summed E-state index contributed by atoms with van der Waals surface area (Å²) in [4.78, 5) is 17.8.